The summed E-state index contributed by atoms with van der Waals surface area (Å²) in [7, 11) is 0. The number of fused-ring (bicyclic) bond motifs is 1. The van der Waals surface area contributed by atoms with Gasteiger partial charge < -0.3 is 14.4 Å². The summed E-state index contributed by atoms with van der Waals surface area (Å²) in [6, 6.07) is 7.52. The van der Waals surface area contributed by atoms with Crippen molar-refractivity contribution in [1.29, 1.82) is 0 Å². The fourth-order valence-corrected chi connectivity index (χ4v) is 3.72. The molecule has 0 N–H and O–H groups in total. The Hall–Kier alpha value is -2.77. The monoisotopic (exact) mass is 392 g/mol. The molecular weight excluding hydrogens is 373 g/mol. The van der Waals surface area contributed by atoms with E-state index in [2.05, 4.69) is 4.98 Å². The number of benzene rings is 1. The highest BCUT2D eigenvalue weighted by molar-refractivity contribution is 5.95. The van der Waals surface area contributed by atoms with E-state index in [9.17, 15) is 18.0 Å². The second-order valence-corrected chi connectivity index (χ2v) is 6.89. The molecule has 0 spiro atoms. The minimum Gasteiger partial charge on any atom is -0.486 e. The zero-order valence-corrected chi connectivity index (χ0v) is 15.3. The highest BCUT2D eigenvalue weighted by Gasteiger charge is 2.35. The van der Waals surface area contributed by atoms with Gasteiger partial charge >= 0.3 is 6.18 Å². The summed E-state index contributed by atoms with van der Waals surface area (Å²) in [5.41, 5.74) is 0.198. The van der Waals surface area contributed by atoms with Crippen molar-refractivity contribution in [3.8, 4) is 11.5 Å². The molecule has 1 aromatic carbocycles. The third-order valence-electron chi connectivity index (χ3n) is 5.07. The van der Waals surface area contributed by atoms with E-state index in [1.807, 2.05) is 18.2 Å². The van der Waals surface area contributed by atoms with Gasteiger partial charge in [0.25, 0.3) is 5.91 Å². The average Bonchev–Trinajstić information content (AvgIpc) is 3.16. The molecule has 1 atom stereocenters. The van der Waals surface area contributed by atoms with Gasteiger partial charge in [-0.15, -0.1) is 0 Å². The molecule has 1 amide bonds. The largest absolute Gasteiger partial charge is 0.486 e. The Kier molecular flexibility index (Phi) is 4.64. The van der Waals surface area contributed by atoms with E-state index < -0.39 is 11.9 Å². The van der Waals surface area contributed by atoms with Crippen molar-refractivity contribution in [2.24, 2.45) is 0 Å². The summed E-state index contributed by atoms with van der Waals surface area (Å²) in [6.45, 7) is 2.94. The summed E-state index contributed by atoms with van der Waals surface area (Å²) in [5, 5.41) is 0. The number of pyridine rings is 1. The van der Waals surface area contributed by atoms with E-state index in [4.69, 9.17) is 9.47 Å². The Morgan fingerprint density at radius 3 is 2.61 bits per heavy atom. The summed E-state index contributed by atoms with van der Waals surface area (Å²) in [6.07, 6.45) is -2.94. The van der Waals surface area contributed by atoms with Crippen LogP contribution in [-0.2, 0) is 6.18 Å². The number of alkyl halides is 3. The van der Waals surface area contributed by atoms with Gasteiger partial charge in [0, 0.05) is 6.54 Å². The highest BCUT2D eigenvalue weighted by atomic mass is 19.4. The molecule has 2 aliphatic rings. The van der Waals surface area contributed by atoms with E-state index in [0.29, 0.717) is 31.3 Å². The van der Waals surface area contributed by atoms with Gasteiger partial charge in [-0.2, -0.15) is 13.2 Å². The predicted octanol–water partition coefficient (Wildman–Crippen LogP) is 4.16. The molecule has 0 aliphatic carbocycles. The first-order valence-corrected chi connectivity index (χ1v) is 9.10. The maximum atomic E-state index is 13.0. The van der Waals surface area contributed by atoms with E-state index in [0.717, 1.165) is 24.5 Å². The summed E-state index contributed by atoms with van der Waals surface area (Å²) in [4.78, 5) is 18.3. The third kappa shape index (κ3) is 3.39. The molecule has 1 aromatic heterocycles. The lowest BCUT2D eigenvalue weighted by Crippen LogP contribution is -2.31. The Bertz CT molecular complexity index is 914. The molecule has 2 aromatic rings. The van der Waals surface area contributed by atoms with Crippen LogP contribution in [0.5, 0.6) is 11.5 Å². The number of hydrogen-bond acceptors (Lipinski definition) is 4. The molecule has 1 unspecified atom stereocenters. The van der Waals surface area contributed by atoms with Gasteiger partial charge in [0.05, 0.1) is 17.3 Å². The van der Waals surface area contributed by atoms with Crippen LogP contribution in [0, 0.1) is 6.92 Å². The van der Waals surface area contributed by atoms with Crippen molar-refractivity contribution in [2.75, 3.05) is 19.8 Å². The first-order valence-electron chi connectivity index (χ1n) is 9.10. The quantitative estimate of drug-likeness (QED) is 0.770. The Balaban J connectivity index is 1.61. The fraction of sp³-hybridized carbons (Fsp3) is 0.400. The number of nitrogens with zero attached hydrogens (tertiary/aromatic N) is 2. The Labute approximate surface area is 160 Å². The molecular formula is C20H19F3N2O3. The van der Waals surface area contributed by atoms with Gasteiger partial charge in [-0.05, 0) is 49.6 Å². The Morgan fingerprint density at radius 2 is 1.89 bits per heavy atom. The lowest BCUT2D eigenvalue weighted by Gasteiger charge is -2.27. The maximum absolute atomic E-state index is 13.0. The van der Waals surface area contributed by atoms with Crippen LogP contribution in [-0.4, -0.2) is 35.5 Å². The Morgan fingerprint density at radius 1 is 1.14 bits per heavy atom. The van der Waals surface area contributed by atoms with Gasteiger partial charge in [-0.25, -0.2) is 4.98 Å². The van der Waals surface area contributed by atoms with E-state index in [1.165, 1.54) is 13.0 Å². The van der Waals surface area contributed by atoms with Crippen molar-refractivity contribution in [2.45, 2.75) is 32.0 Å². The smallest absolute Gasteiger partial charge is 0.433 e. The van der Waals surface area contributed by atoms with E-state index in [-0.39, 0.29) is 23.2 Å². The van der Waals surface area contributed by atoms with Crippen LogP contribution in [0.3, 0.4) is 0 Å². The van der Waals surface area contributed by atoms with Gasteiger partial charge in [0.1, 0.15) is 18.9 Å². The minimum atomic E-state index is -4.53. The number of hydrogen-bond donors (Lipinski definition) is 0. The van der Waals surface area contributed by atoms with Crippen molar-refractivity contribution >= 4 is 5.91 Å². The fourth-order valence-electron chi connectivity index (χ4n) is 3.72. The van der Waals surface area contributed by atoms with Gasteiger partial charge in [-0.1, -0.05) is 6.07 Å². The molecule has 8 heteroatoms. The van der Waals surface area contributed by atoms with Crippen molar-refractivity contribution < 1.29 is 27.4 Å². The van der Waals surface area contributed by atoms with Crippen LogP contribution in [0.25, 0.3) is 0 Å². The van der Waals surface area contributed by atoms with Crippen molar-refractivity contribution in [3.63, 3.8) is 0 Å². The first-order chi connectivity index (χ1) is 13.3. The second kappa shape index (κ2) is 7.00. The number of carbonyl (C=O) groups is 1. The number of amides is 1. The molecule has 0 bridgehead atoms. The molecule has 5 nitrogen and oxygen atoms in total. The highest BCUT2D eigenvalue weighted by Crippen LogP contribution is 2.39. The number of halogens is 3. The topological polar surface area (TPSA) is 51.7 Å². The van der Waals surface area contributed by atoms with Crippen LogP contribution in [0.1, 0.15) is 46.2 Å². The second-order valence-electron chi connectivity index (χ2n) is 6.89. The van der Waals surface area contributed by atoms with Gasteiger partial charge in [-0.3, -0.25) is 4.79 Å². The molecule has 28 heavy (non-hydrogen) atoms. The van der Waals surface area contributed by atoms with Crippen LogP contribution >= 0.6 is 0 Å². The lowest BCUT2D eigenvalue weighted by atomic mass is 10.0. The number of carbonyl (C=O) groups excluding carboxylic acids is 1. The van der Waals surface area contributed by atoms with E-state index >= 15 is 0 Å². The minimum absolute atomic E-state index is 0.0765. The zero-order chi connectivity index (χ0) is 19.9. The van der Waals surface area contributed by atoms with Crippen molar-refractivity contribution in [3.05, 3.63) is 52.8 Å². The van der Waals surface area contributed by atoms with Crippen LogP contribution in [0.15, 0.2) is 30.3 Å². The summed E-state index contributed by atoms with van der Waals surface area (Å²) >= 11 is 0. The van der Waals surface area contributed by atoms with Crippen LogP contribution in [0.2, 0.25) is 0 Å². The number of rotatable bonds is 2. The van der Waals surface area contributed by atoms with Gasteiger partial charge in [0.2, 0.25) is 0 Å². The lowest BCUT2D eigenvalue weighted by molar-refractivity contribution is -0.141. The summed E-state index contributed by atoms with van der Waals surface area (Å²) in [5.74, 6) is 1.01. The predicted molar refractivity (Wildman–Crippen MR) is 94.4 cm³/mol. The normalized spacial score (nSPS) is 19.0. The molecule has 1 fully saturated rings. The maximum Gasteiger partial charge on any atom is 0.433 e. The van der Waals surface area contributed by atoms with E-state index in [1.54, 1.807) is 4.90 Å². The van der Waals surface area contributed by atoms with Crippen LogP contribution < -0.4 is 9.47 Å². The first kappa shape index (κ1) is 18.6. The molecule has 148 valence electrons. The van der Waals surface area contributed by atoms with Gasteiger partial charge in [0.15, 0.2) is 11.5 Å². The number of likely N-dealkylation sites (tertiary alicyclic amines) is 1. The van der Waals surface area contributed by atoms with Crippen LogP contribution in [0.4, 0.5) is 13.2 Å². The zero-order valence-electron chi connectivity index (χ0n) is 15.3. The molecule has 3 heterocycles. The number of ether oxygens (including phenoxy) is 2. The molecule has 1 saturated heterocycles. The molecule has 0 saturated carbocycles. The van der Waals surface area contributed by atoms with Crippen molar-refractivity contribution in [1.82, 2.24) is 9.88 Å². The molecule has 2 aliphatic heterocycles. The number of aryl methyl sites for hydroxylation is 1. The standard InChI is InChI=1S/C20H19F3N2O3/c1-12-14(5-7-18(24-12)20(21,22)23)19(26)25-8-2-3-15(25)13-4-6-16-17(11-13)28-10-9-27-16/h4-7,11,15H,2-3,8-10H2,1H3. The SMILES string of the molecule is Cc1nc(C(F)(F)F)ccc1C(=O)N1CCCC1c1ccc2c(c1)OCCO2. The average molecular weight is 392 g/mol. The molecule has 4 rings (SSSR count). The third-order valence-corrected chi connectivity index (χ3v) is 5.07. The summed E-state index contributed by atoms with van der Waals surface area (Å²) < 4.78 is 49.7. The molecule has 0 radical (unpaired) electrons. The number of aromatic nitrogens is 1.